The minimum atomic E-state index is -0.745. The van der Waals surface area contributed by atoms with Gasteiger partial charge in [0.15, 0.2) is 0 Å². The first-order valence-electron chi connectivity index (χ1n) is 8.31. The van der Waals surface area contributed by atoms with Crippen LogP contribution in [0.5, 0.6) is 0 Å². The number of benzene rings is 1. The van der Waals surface area contributed by atoms with Crippen LogP contribution in [0.2, 0.25) is 0 Å². The van der Waals surface area contributed by atoms with Gasteiger partial charge in [-0.2, -0.15) is 0 Å². The van der Waals surface area contributed by atoms with Crippen molar-refractivity contribution < 1.29 is 14.7 Å². The van der Waals surface area contributed by atoms with Crippen molar-refractivity contribution >= 4 is 27.8 Å². The van der Waals surface area contributed by atoms with Crippen LogP contribution in [0, 0.1) is 5.92 Å². The number of aliphatic carboxylic acids is 1. The van der Waals surface area contributed by atoms with Crippen molar-refractivity contribution in [2.24, 2.45) is 5.92 Å². The standard InChI is InChI=1S/C18H22BrNO3/c19-14-6-4-13(5-7-14)18(9-1-2-10-18)17(23)20-15-8-3-12(11-15)16(21)22/h4-7,12,15H,1-3,8-11H2,(H,20,23)(H,21,22)/t12-,15+/m0/s1. The molecule has 0 saturated heterocycles. The molecule has 0 heterocycles. The van der Waals surface area contributed by atoms with Gasteiger partial charge in [0, 0.05) is 10.5 Å². The van der Waals surface area contributed by atoms with E-state index in [1.165, 1.54) is 0 Å². The predicted octanol–water partition coefficient (Wildman–Crippen LogP) is 3.63. The van der Waals surface area contributed by atoms with Crippen LogP contribution in [-0.4, -0.2) is 23.0 Å². The highest BCUT2D eigenvalue weighted by Crippen LogP contribution is 2.42. The Hall–Kier alpha value is -1.36. The molecular weight excluding hydrogens is 358 g/mol. The molecule has 1 amide bonds. The normalized spacial score (nSPS) is 26.1. The van der Waals surface area contributed by atoms with Gasteiger partial charge in [-0.1, -0.05) is 40.9 Å². The lowest BCUT2D eigenvalue weighted by molar-refractivity contribution is -0.141. The summed E-state index contributed by atoms with van der Waals surface area (Å²) < 4.78 is 1.01. The number of nitrogens with one attached hydrogen (secondary N) is 1. The number of carbonyl (C=O) groups is 2. The smallest absolute Gasteiger partial charge is 0.306 e. The maximum absolute atomic E-state index is 13.0. The van der Waals surface area contributed by atoms with Crippen LogP contribution in [0.1, 0.15) is 50.5 Å². The van der Waals surface area contributed by atoms with Gasteiger partial charge in [0.2, 0.25) is 5.91 Å². The van der Waals surface area contributed by atoms with E-state index in [0.717, 1.165) is 42.1 Å². The van der Waals surface area contributed by atoms with Crippen LogP contribution >= 0.6 is 15.9 Å². The number of hydrogen-bond donors (Lipinski definition) is 2. The zero-order valence-corrected chi connectivity index (χ0v) is 14.6. The van der Waals surface area contributed by atoms with Crippen LogP contribution in [-0.2, 0) is 15.0 Å². The summed E-state index contributed by atoms with van der Waals surface area (Å²) in [5.74, 6) is -0.980. The Morgan fingerprint density at radius 2 is 1.78 bits per heavy atom. The van der Waals surface area contributed by atoms with Crippen LogP contribution in [0.3, 0.4) is 0 Å². The van der Waals surface area contributed by atoms with E-state index in [4.69, 9.17) is 5.11 Å². The van der Waals surface area contributed by atoms with Gasteiger partial charge in [0.1, 0.15) is 0 Å². The summed E-state index contributed by atoms with van der Waals surface area (Å²) in [4.78, 5) is 24.1. The highest BCUT2D eigenvalue weighted by molar-refractivity contribution is 9.10. The minimum absolute atomic E-state index is 0.00322. The van der Waals surface area contributed by atoms with Crippen molar-refractivity contribution in [3.8, 4) is 0 Å². The highest BCUT2D eigenvalue weighted by Gasteiger charge is 2.44. The second-order valence-electron chi connectivity index (χ2n) is 6.81. The van der Waals surface area contributed by atoms with Crippen LogP contribution < -0.4 is 5.32 Å². The van der Waals surface area contributed by atoms with Crippen LogP contribution in [0.25, 0.3) is 0 Å². The molecule has 23 heavy (non-hydrogen) atoms. The van der Waals surface area contributed by atoms with E-state index in [1.54, 1.807) is 0 Å². The molecule has 3 rings (SSSR count). The second kappa shape index (κ2) is 6.63. The van der Waals surface area contributed by atoms with E-state index in [9.17, 15) is 9.59 Å². The van der Waals surface area contributed by atoms with Gasteiger partial charge in [0.25, 0.3) is 0 Å². The predicted molar refractivity (Wildman–Crippen MR) is 91.2 cm³/mol. The molecule has 124 valence electrons. The molecule has 0 spiro atoms. The molecule has 4 nitrogen and oxygen atoms in total. The van der Waals surface area contributed by atoms with E-state index in [-0.39, 0.29) is 17.9 Å². The minimum Gasteiger partial charge on any atom is -0.481 e. The molecule has 5 heteroatoms. The summed E-state index contributed by atoms with van der Waals surface area (Å²) >= 11 is 3.44. The maximum atomic E-state index is 13.0. The summed E-state index contributed by atoms with van der Waals surface area (Å²) in [5, 5.41) is 12.3. The topological polar surface area (TPSA) is 66.4 Å². The number of amides is 1. The molecule has 2 saturated carbocycles. The Balaban J connectivity index is 1.75. The maximum Gasteiger partial charge on any atom is 0.306 e. The Kier molecular flexibility index (Phi) is 4.76. The number of carbonyl (C=O) groups excluding carboxylic acids is 1. The van der Waals surface area contributed by atoms with Crippen LogP contribution in [0.15, 0.2) is 28.7 Å². The lowest BCUT2D eigenvalue weighted by atomic mass is 9.78. The van der Waals surface area contributed by atoms with Gasteiger partial charge in [-0.25, -0.2) is 0 Å². The largest absolute Gasteiger partial charge is 0.481 e. The van der Waals surface area contributed by atoms with Gasteiger partial charge in [-0.15, -0.1) is 0 Å². The van der Waals surface area contributed by atoms with Crippen molar-refractivity contribution in [3.05, 3.63) is 34.3 Å². The lowest BCUT2D eigenvalue weighted by Gasteiger charge is -2.30. The molecule has 1 aromatic rings. The molecular formula is C18H22BrNO3. The number of halogens is 1. The Bertz CT molecular complexity index is 593. The zero-order valence-electron chi connectivity index (χ0n) is 13.1. The van der Waals surface area contributed by atoms with E-state index < -0.39 is 11.4 Å². The van der Waals surface area contributed by atoms with Crippen molar-refractivity contribution in [2.75, 3.05) is 0 Å². The number of carboxylic acid groups (broad SMARTS) is 1. The number of hydrogen-bond acceptors (Lipinski definition) is 2. The second-order valence-corrected chi connectivity index (χ2v) is 7.73. The molecule has 0 radical (unpaired) electrons. The lowest BCUT2D eigenvalue weighted by Crippen LogP contribution is -2.46. The third-order valence-corrected chi connectivity index (χ3v) is 5.93. The van der Waals surface area contributed by atoms with Gasteiger partial charge < -0.3 is 10.4 Å². The van der Waals surface area contributed by atoms with Crippen molar-refractivity contribution in [2.45, 2.75) is 56.4 Å². The average molecular weight is 380 g/mol. The Morgan fingerprint density at radius 3 is 2.35 bits per heavy atom. The summed E-state index contributed by atoms with van der Waals surface area (Å²) in [6, 6.07) is 8.03. The van der Waals surface area contributed by atoms with E-state index in [1.807, 2.05) is 24.3 Å². The first kappa shape index (κ1) is 16.5. The molecule has 0 unspecified atom stereocenters. The molecule has 0 aliphatic heterocycles. The quantitative estimate of drug-likeness (QED) is 0.838. The zero-order chi connectivity index (χ0) is 16.4. The molecule has 0 bridgehead atoms. The first-order valence-corrected chi connectivity index (χ1v) is 9.10. The third-order valence-electron chi connectivity index (χ3n) is 5.41. The van der Waals surface area contributed by atoms with Gasteiger partial charge >= 0.3 is 5.97 Å². The fourth-order valence-corrected chi connectivity index (χ4v) is 4.32. The highest BCUT2D eigenvalue weighted by atomic mass is 79.9. The third kappa shape index (κ3) is 3.30. The molecule has 2 atom stereocenters. The molecule has 2 N–H and O–H groups in total. The first-order chi connectivity index (χ1) is 11.0. The summed E-state index contributed by atoms with van der Waals surface area (Å²) in [7, 11) is 0. The Morgan fingerprint density at radius 1 is 1.13 bits per heavy atom. The summed E-state index contributed by atoms with van der Waals surface area (Å²) in [6.45, 7) is 0. The van der Waals surface area contributed by atoms with Crippen molar-refractivity contribution in [3.63, 3.8) is 0 Å². The van der Waals surface area contributed by atoms with E-state index in [2.05, 4.69) is 21.2 Å². The SMILES string of the molecule is O=C(O)[C@H]1CC[C@@H](NC(=O)C2(c3ccc(Br)cc3)CCCC2)C1. The molecule has 0 aromatic heterocycles. The van der Waals surface area contributed by atoms with Gasteiger partial charge in [0.05, 0.1) is 11.3 Å². The van der Waals surface area contributed by atoms with Crippen molar-refractivity contribution in [1.29, 1.82) is 0 Å². The van der Waals surface area contributed by atoms with Crippen LogP contribution in [0.4, 0.5) is 0 Å². The van der Waals surface area contributed by atoms with Crippen molar-refractivity contribution in [1.82, 2.24) is 5.32 Å². The molecule has 1 aromatic carbocycles. The fraction of sp³-hybridized carbons (Fsp3) is 0.556. The van der Waals surface area contributed by atoms with Gasteiger partial charge in [-0.3, -0.25) is 9.59 Å². The van der Waals surface area contributed by atoms with E-state index >= 15 is 0 Å². The summed E-state index contributed by atoms with van der Waals surface area (Å²) in [6.07, 6.45) is 5.84. The summed E-state index contributed by atoms with van der Waals surface area (Å²) in [5.41, 5.74) is 0.630. The Labute approximate surface area is 144 Å². The number of carboxylic acids is 1. The van der Waals surface area contributed by atoms with Gasteiger partial charge in [-0.05, 0) is 49.8 Å². The number of rotatable bonds is 4. The monoisotopic (exact) mass is 379 g/mol. The fourth-order valence-electron chi connectivity index (χ4n) is 4.05. The molecule has 2 aliphatic rings. The molecule has 2 aliphatic carbocycles. The van der Waals surface area contributed by atoms with E-state index in [0.29, 0.717) is 12.8 Å². The molecule has 2 fully saturated rings. The average Bonchev–Trinajstić information content (AvgIpc) is 3.17.